The minimum absolute atomic E-state index is 0.199. The Morgan fingerprint density at radius 2 is 1.58 bits per heavy atom. The Morgan fingerprint density at radius 3 is 2.21 bits per heavy atom. The number of anilines is 1. The number of benzene rings is 2. The predicted molar refractivity (Wildman–Crippen MR) is 89.5 cm³/mol. The first-order valence-electron chi connectivity index (χ1n) is 7.19. The molecule has 0 saturated carbocycles. The zero-order chi connectivity index (χ0) is 17.4. The van der Waals surface area contributed by atoms with Crippen molar-refractivity contribution in [2.45, 2.75) is 6.54 Å². The average molecular weight is 324 g/mol. The molecule has 2 rings (SSSR count). The van der Waals surface area contributed by atoms with Crippen LogP contribution in [0.3, 0.4) is 0 Å². The van der Waals surface area contributed by atoms with E-state index in [2.05, 4.69) is 10.6 Å². The van der Waals surface area contributed by atoms with Crippen LogP contribution in [0.5, 0.6) is 0 Å². The molecule has 0 heterocycles. The smallest absolute Gasteiger partial charge is 0.328 e. The van der Waals surface area contributed by atoms with Crippen molar-refractivity contribution in [2.75, 3.05) is 5.32 Å². The fourth-order valence-electron chi connectivity index (χ4n) is 1.89. The quantitative estimate of drug-likeness (QED) is 0.710. The van der Waals surface area contributed by atoms with Crippen LogP contribution in [-0.2, 0) is 16.1 Å². The Kier molecular flexibility index (Phi) is 5.85. The summed E-state index contributed by atoms with van der Waals surface area (Å²) in [6.45, 7) is 0.260. The van der Waals surface area contributed by atoms with E-state index in [-0.39, 0.29) is 12.5 Å². The van der Waals surface area contributed by atoms with Crippen LogP contribution in [0.2, 0.25) is 0 Å². The zero-order valence-electron chi connectivity index (χ0n) is 12.7. The van der Waals surface area contributed by atoms with Crippen molar-refractivity contribution in [1.82, 2.24) is 5.32 Å². The molecular weight excluding hydrogens is 308 g/mol. The number of rotatable bonds is 6. The van der Waals surface area contributed by atoms with E-state index >= 15 is 0 Å². The maximum absolute atomic E-state index is 12.0. The van der Waals surface area contributed by atoms with Crippen LogP contribution in [-0.4, -0.2) is 22.9 Å². The molecule has 0 aliphatic heterocycles. The molecule has 2 aromatic rings. The molecule has 0 bridgehead atoms. The number of hydrogen-bond donors (Lipinski definition) is 3. The predicted octanol–water partition coefficient (Wildman–Crippen LogP) is 2.20. The van der Waals surface area contributed by atoms with E-state index in [1.54, 1.807) is 48.5 Å². The molecule has 0 saturated heterocycles. The van der Waals surface area contributed by atoms with Gasteiger partial charge in [0.1, 0.15) is 0 Å². The fourth-order valence-corrected chi connectivity index (χ4v) is 1.89. The van der Waals surface area contributed by atoms with Gasteiger partial charge in [-0.2, -0.15) is 0 Å². The monoisotopic (exact) mass is 324 g/mol. The lowest BCUT2D eigenvalue weighted by molar-refractivity contribution is -0.131. The summed E-state index contributed by atoms with van der Waals surface area (Å²) in [6, 6.07) is 15.9. The van der Waals surface area contributed by atoms with Crippen LogP contribution in [0.25, 0.3) is 0 Å². The molecule has 6 nitrogen and oxygen atoms in total. The highest BCUT2D eigenvalue weighted by atomic mass is 16.4. The number of carbonyl (C=O) groups excluding carboxylic acids is 2. The van der Waals surface area contributed by atoms with Crippen molar-refractivity contribution >= 4 is 23.5 Å². The number of carbonyl (C=O) groups is 3. The maximum atomic E-state index is 12.0. The molecule has 122 valence electrons. The lowest BCUT2D eigenvalue weighted by atomic mass is 10.2. The highest BCUT2D eigenvalue weighted by Crippen LogP contribution is 2.11. The number of amides is 2. The van der Waals surface area contributed by atoms with Crippen molar-refractivity contribution in [2.24, 2.45) is 0 Å². The van der Waals surface area contributed by atoms with Gasteiger partial charge in [-0.05, 0) is 29.8 Å². The number of aliphatic carboxylic acids is 1. The van der Waals surface area contributed by atoms with E-state index in [0.29, 0.717) is 11.3 Å². The largest absolute Gasteiger partial charge is 0.478 e. The molecule has 0 radical (unpaired) electrons. The van der Waals surface area contributed by atoms with Crippen LogP contribution >= 0.6 is 0 Å². The summed E-state index contributed by atoms with van der Waals surface area (Å²) >= 11 is 0. The molecule has 0 fully saturated rings. The van der Waals surface area contributed by atoms with E-state index in [1.165, 1.54) is 0 Å². The zero-order valence-corrected chi connectivity index (χ0v) is 12.7. The van der Waals surface area contributed by atoms with Gasteiger partial charge in [0.05, 0.1) is 0 Å². The Balaban J connectivity index is 1.88. The lowest BCUT2D eigenvalue weighted by Crippen LogP contribution is -2.20. The van der Waals surface area contributed by atoms with E-state index in [4.69, 9.17) is 5.11 Å². The van der Waals surface area contributed by atoms with E-state index in [9.17, 15) is 14.4 Å². The fraction of sp³-hybridized carbons (Fsp3) is 0.0556. The van der Waals surface area contributed by atoms with Gasteiger partial charge in [-0.25, -0.2) is 4.79 Å². The highest BCUT2D eigenvalue weighted by Gasteiger charge is 2.05. The molecule has 2 aromatic carbocycles. The van der Waals surface area contributed by atoms with Gasteiger partial charge in [0, 0.05) is 29.9 Å². The molecule has 2 amide bonds. The van der Waals surface area contributed by atoms with Crippen LogP contribution in [0.4, 0.5) is 5.69 Å². The Labute approximate surface area is 138 Å². The van der Waals surface area contributed by atoms with E-state index in [1.807, 2.05) is 6.07 Å². The minimum atomic E-state index is -1.18. The maximum Gasteiger partial charge on any atom is 0.328 e. The van der Waals surface area contributed by atoms with Gasteiger partial charge >= 0.3 is 5.97 Å². The molecular formula is C18H16N2O4. The third-order valence-electron chi connectivity index (χ3n) is 3.09. The third kappa shape index (κ3) is 5.42. The summed E-state index contributed by atoms with van der Waals surface area (Å²) in [6.07, 6.45) is 1.73. The van der Waals surface area contributed by atoms with Crippen LogP contribution in [0.15, 0.2) is 66.7 Å². The van der Waals surface area contributed by atoms with E-state index < -0.39 is 11.9 Å². The van der Waals surface area contributed by atoms with Gasteiger partial charge in [-0.3, -0.25) is 9.59 Å². The summed E-state index contributed by atoms with van der Waals surface area (Å²) in [5, 5.41) is 13.8. The summed E-state index contributed by atoms with van der Waals surface area (Å²) in [5.74, 6) is -1.86. The van der Waals surface area contributed by atoms with Crippen LogP contribution in [0.1, 0.15) is 15.9 Å². The topological polar surface area (TPSA) is 95.5 Å². The van der Waals surface area contributed by atoms with Gasteiger partial charge in [-0.15, -0.1) is 0 Å². The number of hydrogen-bond acceptors (Lipinski definition) is 3. The first kappa shape index (κ1) is 17.0. The lowest BCUT2D eigenvalue weighted by Gasteiger charge is -2.07. The van der Waals surface area contributed by atoms with Crippen molar-refractivity contribution in [1.29, 1.82) is 0 Å². The van der Waals surface area contributed by atoms with Crippen molar-refractivity contribution in [3.8, 4) is 0 Å². The van der Waals surface area contributed by atoms with Gasteiger partial charge in [-0.1, -0.05) is 30.3 Å². The normalized spacial score (nSPS) is 10.3. The molecule has 0 aliphatic rings. The minimum Gasteiger partial charge on any atom is -0.478 e. The van der Waals surface area contributed by atoms with Crippen LogP contribution < -0.4 is 10.6 Å². The molecule has 6 heteroatoms. The number of carboxylic acid groups (broad SMARTS) is 1. The molecule has 0 spiro atoms. The van der Waals surface area contributed by atoms with Crippen molar-refractivity contribution in [3.63, 3.8) is 0 Å². The second-order valence-electron chi connectivity index (χ2n) is 4.91. The molecule has 0 unspecified atom stereocenters. The Morgan fingerprint density at radius 1 is 0.917 bits per heavy atom. The first-order valence-corrected chi connectivity index (χ1v) is 7.19. The number of carboxylic acids is 1. The molecule has 24 heavy (non-hydrogen) atoms. The highest BCUT2D eigenvalue weighted by molar-refractivity contribution is 6.04. The number of nitrogens with one attached hydrogen (secondary N) is 2. The summed E-state index contributed by atoms with van der Waals surface area (Å²) in [4.78, 5) is 33.7. The summed E-state index contributed by atoms with van der Waals surface area (Å²) < 4.78 is 0. The van der Waals surface area contributed by atoms with Gasteiger partial charge in [0.15, 0.2) is 0 Å². The molecule has 0 aliphatic carbocycles. The third-order valence-corrected chi connectivity index (χ3v) is 3.09. The molecule has 0 atom stereocenters. The Bertz CT molecular complexity index is 752. The van der Waals surface area contributed by atoms with Crippen LogP contribution in [0, 0.1) is 0 Å². The van der Waals surface area contributed by atoms with Crippen molar-refractivity contribution < 1.29 is 19.5 Å². The second-order valence-corrected chi connectivity index (χ2v) is 4.91. The standard InChI is InChI=1S/C18H16N2O4/c21-16(10-11-17(22)23)19-12-13-6-8-15(9-7-13)20-18(24)14-4-2-1-3-5-14/h1-11H,12H2,(H,19,21)(H,20,24)(H,22,23)/b11-10-. The van der Waals surface area contributed by atoms with Gasteiger partial charge < -0.3 is 15.7 Å². The first-order chi connectivity index (χ1) is 11.5. The molecule has 0 aromatic heterocycles. The molecule has 3 N–H and O–H groups in total. The second kappa shape index (κ2) is 8.28. The SMILES string of the molecule is O=C(O)/C=C\C(=O)NCc1ccc(NC(=O)c2ccccc2)cc1. The van der Waals surface area contributed by atoms with Gasteiger partial charge in [0.25, 0.3) is 5.91 Å². The van der Waals surface area contributed by atoms with Gasteiger partial charge in [0.2, 0.25) is 5.91 Å². The average Bonchev–Trinajstić information content (AvgIpc) is 2.60. The summed E-state index contributed by atoms with van der Waals surface area (Å²) in [7, 11) is 0. The summed E-state index contributed by atoms with van der Waals surface area (Å²) in [5.41, 5.74) is 2.04. The Hall–Kier alpha value is -3.41. The van der Waals surface area contributed by atoms with Crippen molar-refractivity contribution in [3.05, 3.63) is 77.9 Å². The van der Waals surface area contributed by atoms with E-state index in [0.717, 1.165) is 17.7 Å².